The Morgan fingerprint density at radius 2 is 1.88 bits per heavy atom. The summed E-state index contributed by atoms with van der Waals surface area (Å²) in [6.45, 7) is 4.57. The SMILES string of the molecule is CCCNc1nc(C)cc(C(=O)Nc2cc(OC)c(Cl)cc2OC)n1. The van der Waals surface area contributed by atoms with Crippen molar-refractivity contribution < 1.29 is 14.3 Å². The van der Waals surface area contributed by atoms with Crippen molar-refractivity contribution in [2.45, 2.75) is 20.3 Å². The lowest BCUT2D eigenvalue weighted by atomic mass is 10.2. The zero-order valence-electron chi connectivity index (χ0n) is 14.6. The summed E-state index contributed by atoms with van der Waals surface area (Å²) in [5, 5.41) is 6.24. The van der Waals surface area contributed by atoms with Gasteiger partial charge in [0.25, 0.3) is 5.91 Å². The lowest BCUT2D eigenvalue weighted by Gasteiger charge is -2.13. The third-order valence-corrected chi connectivity index (χ3v) is 3.64. The third-order valence-electron chi connectivity index (χ3n) is 3.34. The molecule has 1 aromatic heterocycles. The van der Waals surface area contributed by atoms with Crippen LogP contribution in [0.2, 0.25) is 5.02 Å². The van der Waals surface area contributed by atoms with Crippen LogP contribution in [-0.4, -0.2) is 36.6 Å². The molecule has 2 rings (SSSR count). The van der Waals surface area contributed by atoms with E-state index in [1.54, 1.807) is 18.2 Å². The molecule has 2 aromatic rings. The Bertz CT molecular complexity index is 768. The van der Waals surface area contributed by atoms with Crippen LogP contribution in [-0.2, 0) is 0 Å². The molecule has 0 bridgehead atoms. The van der Waals surface area contributed by atoms with E-state index >= 15 is 0 Å². The second-order valence-corrected chi connectivity index (χ2v) is 5.69. The first kappa shape index (κ1) is 18.8. The van der Waals surface area contributed by atoms with Crippen LogP contribution in [0.4, 0.5) is 11.6 Å². The highest BCUT2D eigenvalue weighted by Gasteiger charge is 2.16. The molecule has 0 unspecified atom stereocenters. The molecule has 2 N–H and O–H groups in total. The van der Waals surface area contributed by atoms with E-state index in [1.165, 1.54) is 14.2 Å². The number of anilines is 2. The van der Waals surface area contributed by atoms with E-state index in [-0.39, 0.29) is 11.6 Å². The van der Waals surface area contributed by atoms with E-state index in [0.717, 1.165) is 13.0 Å². The number of aryl methyl sites for hydroxylation is 1. The van der Waals surface area contributed by atoms with Gasteiger partial charge in [0.05, 0.1) is 24.9 Å². The van der Waals surface area contributed by atoms with Gasteiger partial charge in [-0.15, -0.1) is 0 Å². The molecule has 1 heterocycles. The topological polar surface area (TPSA) is 85.4 Å². The van der Waals surface area contributed by atoms with E-state index in [2.05, 4.69) is 20.6 Å². The molecule has 134 valence electrons. The van der Waals surface area contributed by atoms with Gasteiger partial charge in [-0.25, -0.2) is 9.97 Å². The minimum absolute atomic E-state index is 0.252. The number of benzene rings is 1. The molecule has 0 radical (unpaired) electrons. The van der Waals surface area contributed by atoms with Crippen LogP contribution in [0.1, 0.15) is 29.5 Å². The van der Waals surface area contributed by atoms with Crippen molar-refractivity contribution in [3.63, 3.8) is 0 Å². The summed E-state index contributed by atoms with van der Waals surface area (Å²) in [6, 6.07) is 4.80. The van der Waals surface area contributed by atoms with Gasteiger partial charge in [0.15, 0.2) is 0 Å². The van der Waals surface area contributed by atoms with Gasteiger partial charge < -0.3 is 20.1 Å². The van der Waals surface area contributed by atoms with Gasteiger partial charge in [0, 0.05) is 24.4 Å². The van der Waals surface area contributed by atoms with Gasteiger partial charge in [-0.1, -0.05) is 18.5 Å². The Morgan fingerprint density at radius 3 is 2.52 bits per heavy atom. The van der Waals surface area contributed by atoms with Crippen LogP contribution in [0.5, 0.6) is 11.5 Å². The van der Waals surface area contributed by atoms with Gasteiger partial charge in [-0.3, -0.25) is 4.79 Å². The van der Waals surface area contributed by atoms with Crippen LogP contribution in [0.3, 0.4) is 0 Å². The van der Waals surface area contributed by atoms with Crippen LogP contribution in [0.15, 0.2) is 18.2 Å². The number of nitrogens with zero attached hydrogens (tertiary/aromatic N) is 2. The summed E-state index contributed by atoms with van der Waals surface area (Å²) in [6.07, 6.45) is 0.931. The molecule has 1 aromatic carbocycles. The van der Waals surface area contributed by atoms with Crippen molar-refractivity contribution in [2.75, 3.05) is 31.4 Å². The Kier molecular flexibility index (Phi) is 6.41. The molecule has 0 fully saturated rings. The van der Waals surface area contributed by atoms with Crippen molar-refractivity contribution in [2.24, 2.45) is 0 Å². The van der Waals surface area contributed by atoms with Crippen molar-refractivity contribution in [1.29, 1.82) is 0 Å². The molecule has 0 aliphatic rings. The minimum Gasteiger partial charge on any atom is -0.495 e. The Morgan fingerprint density at radius 1 is 1.16 bits per heavy atom. The van der Waals surface area contributed by atoms with Crippen molar-refractivity contribution in [3.8, 4) is 11.5 Å². The fourth-order valence-corrected chi connectivity index (χ4v) is 2.38. The number of nitrogens with one attached hydrogen (secondary N) is 2. The van der Waals surface area contributed by atoms with Gasteiger partial charge >= 0.3 is 0 Å². The van der Waals surface area contributed by atoms with E-state index in [1.807, 2.05) is 13.8 Å². The molecule has 25 heavy (non-hydrogen) atoms. The average Bonchev–Trinajstić information content (AvgIpc) is 2.60. The fourth-order valence-electron chi connectivity index (χ4n) is 2.15. The van der Waals surface area contributed by atoms with Gasteiger partial charge in [0.1, 0.15) is 17.2 Å². The molecule has 0 saturated heterocycles. The molecule has 0 atom stereocenters. The molecular weight excluding hydrogens is 344 g/mol. The maximum Gasteiger partial charge on any atom is 0.274 e. The van der Waals surface area contributed by atoms with Gasteiger partial charge in [-0.2, -0.15) is 0 Å². The second-order valence-electron chi connectivity index (χ2n) is 5.29. The van der Waals surface area contributed by atoms with Gasteiger partial charge in [-0.05, 0) is 19.4 Å². The predicted octanol–water partition coefficient (Wildman–Crippen LogP) is 3.53. The molecule has 0 spiro atoms. The molecule has 0 aliphatic heterocycles. The number of carbonyl (C=O) groups is 1. The van der Waals surface area contributed by atoms with Crippen molar-refractivity contribution in [3.05, 3.63) is 34.6 Å². The summed E-state index contributed by atoms with van der Waals surface area (Å²) < 4.78 is 10.4. The zero-order chi connectivity index (χ0) is 18.4. The van der Waals surface area contributed by atoms with E-state index < -0.39 is 0 Å². The third kappa shape index (κ3) is 4.73. The van der Waals surface area contributed by atoms with Crippen LogP contribution < -0.4 is 20.1 Å². The average molecular weight is 365 g/mol. The maximum absolute atomic E-state index is 12.6. The number of ether oxygens (including phenoxy) is 2. The molecular formula is C17H21ClN4O3. The monoisotopic (exact) mass is 364 g/mol. The summed E-state index contributed by atoms with van der Waals surface area (Å²) >= 11 is 6.08. The molecule has 0 aliphatic carbocycles. The van der Waals surface area contributed by atoms with E-state index in [9.17, 15) is 4.79 Å². The first-order valence-electron chi connectivity index (χ1n) is 7.80. The lowest BCUT2D eigenvalue weighted by molar-refractivity contribution is 0.102. The number of rotatable bonds is 7. The van der Waals surface area contributed by atoms with Crippen LogP contribution >= 0.6 is 11.6 Å². The highest BCUT2D eigenvalue weighted by molar-refractivity contribution is 6.32. The number of methoxy groups -OCH3 is 2. The zero-order valence-corrected chi connectivity index (χ0v) is 15.4. The van der Waals surface area contributed by atoms with Gasteiger partial charge in [0.2, 0.25) is 5.95 Å². The number of hydrogen-bond donors (Lipinski definition) is 2. The highest BCUT2D eigenvalue weighted by atomic mass is 35.5. The first-order chi connectivity index (χ1) is 12.0. The number of carbonyl (C=O) groups excluding carboxylic acids is 1. The number of amides is 1. The quantitative estimate of drug-likeness (QED) is 0.781. The summed E-state index contributed by atoms with van der Waals surface area (Å²) in [5.74, 6) is 0.900. The van der Waals surface area contributed by atoms with Crippen LogP contribution in [0.25, 0.3) is 0 Å². The highest BCUT2D eigenvalue weighted by Crippen LogP contribution is 2.36. The van der Waals surface area contributed by atoms with E-state index in [4.69, 9.17) is 21.1 Å². The smallest absolute Gasteiger partial charge is 0.274 e. The summed E-state index contributed by atoms with van der Waals surface area (Å²) in [5.41, 5.74) is 1.38. The van der Waals surface area contributed by atoms with E-state index in [0.29, 0.717) is 33.9 Å². The first-order valence-corrected chi connectivity index (χ1v) is 8.18. The molecule has 0 saturated carbocycles. The number of aromatic nitrogens is 2. The number of hydrogen-bond acceptors (Lipinski definition) is 6. The van der Waals surface area contributed by atoms with Crippen molar-refractivity contribution >= 4 is 29.1 Å². The predicted molar refractivity (Wildman–Crippen MR) is 98.1 cm³/mol. The molecule has 7 nitrogen and oxygen atoms in total. The second kappa shape index (κ2) is 8.53. The Balaban J connectivity index is 2.29. The minimum atomic E-state index is -0.382. The standard InChI is InChI=1S/C17H21ClN4O3/c1-5-6-19-17-20-10(2)7-13(22-17)16(23)21-12-9-14(24-3)11(18)8-15(12)25-4/h7-9H,5-6H2,1-4H3,(H,21,23)(H,19,20,22). The van der Waals surface area contributed by atoms with Crippen LogP contribution in [0, 0.1) is 6.92 Å². The molecule has 1 amide bonds. The largest absolute Gasteiger partial charge is 0.495 e. The van der Waals surface area contributed by atoms with Crippen molar-refractivity contribution in [1.82, 2.24) is 9.97 Å². The summed E-state index contributed by atoms with van der Waals surface area (Å²) in [7, 11) is 2.99. The number of halogens is 1. The molecule has 8 heteroatoms. The normalized spacial score (nSPS) is 10.3. The lowest BCUT2D eigenvalue weighted by Crippen LogP contribution is -2.17. The Hall–Kier alpha value is -2.54. The Labute approximate surface area is 151 Å². The summed E-state index contributed by atoms with van der Waals surface area (Å²) in [4.78, 5) is 21.1. The fraction of sp³-hybridized carbons (Fsp3) is 0.353. The maximum atomic E-state index is 12.6.